The van der Waals surface area contributed by atoms with Crippen LogP contribution in [0.3, 0.4) is 0 Å². The molecule has 6 nitrogen and oxygen atoms in total. The van der Waals surface area contributed by atoms with Gasteiger partial charge in [-0.2, -0.15) is 18.3 Å². The van der Waals surface area contributed by atoms with Gasteiger partial charge in [-0.3, -0.25) is 9.48 Å². The molecule has 10 heteroatoms. The molecule has 0 bridgehead atoms. The summed E-state index contributed by atoms with van der Waals surface area (Å²) in [6, 6.07) is 6.18. The molecule has 0 atom stereocenters. The molecule has 0 radical (unpaired) electrons. The highest BCUT2D eigenvalue weighted by Gasteiger charge is 2.27. The molecule has 2 heterocycles. The van der Waals surface area contributed by atoms with E-state index in [0.717, 1.165) is 5.56 Å². The number of halogens is 3. The van der Waals surface area contributed by atoms with Crippen LogP contribution in [0, 0.1) is 0 Å². The van der Waals surface area contributed by atoms with E-state index in [9.17, 15) is 18.0 Å². The van der Waals surface area contributed by atoms with Crippen LogP contribution in [0.15, 0.2) is 42.0 Å². The van der Waals surface area contributed by atoms with E-state index in [4.69, 9.17) is 0 Å². The molecule has 1 amide bonds. The number of aryl methyl sites for hydroxylation is 1. The summed E-state index contributed by atoms with van der Waals surface area (Å²) in [5.74, 6) is -0.502. The van der Waals surface area contributed by atoms with Gasteiger partial charge in [0.15, 0.2) is 0 Å². The minimum absolute atomic E-state index is 0.180. The lowest BCUT2D eigenvalue weighted by Gasteiger charge is -2.13. The summed E-state index contributed by atoms with van der Waals surface area (Å²) < 4.78 is 38.8. The van der Waals surface area contributed by atoms with Gasteiger partial charge in [-0.05, 0) is 12.1 Å². The minimum atomic E-state index is -4.36. The average Bonchev–Trinajstić information content (AvgIpc) is 3.22. The maximum atomic E-state index is 12.4. The number of hydrogen-bond acceptors (Lipinski definition) is 5. The molecule has 3 aromatic rings. The molecule has 0 saturated heterocycles. The quantitative estimate of drug-likeness (QED) is 0.706. The van der Waals surface area contributed by atoms with Gasteiger partial charge in [-0.1, -0.05) is 12.1 Å². The molecule has 0 fully saturated rings. The topological polar surface area (TPSA) is 71.8 Å². The van der Waals surface area contributed by atoms with Crippen molar-refractivity contribution in [1.29, 1.82) is 0 Å². The minimum Gasteiger partial charge on any atom is -0.375 e. The Morgan fingerprint density at radius 2 is 2.00 bits per heavy atom. The summed E-state index contributed by atoms with van der Waals surface area (Å²) in [6.07, 6.45) is -0.946. The third kappa shape index (κ3) is 4.39. The van der Waals surface area contributed by atoms with E-state index in [1.165, 1.54) is 23.5 Å². The van der Waals surface area contributed by atoms with Gasteiger partial charge in [-0.25, -0.2) is 4.98 Å². The van der Waals surface area contributed by atoms with Crippen molar-refractivity contribution in [1.82, 2.24) is 14.8 Å². The number of aromatic nitrogens is 3. The van der Waals surface area contributed by atoms with Crippen LogP contribution in [0.25, 0.3) is 10.6 Å². The zero-order valence-electron chi connectivity index (χ0n) is 13.5. The van der Waals surface area contributed by atoms with E-state index in [1.54, 1.807) is 41.6 Å². The van der Waals surface area contributed by atoms with Gasteiger partial charge in [0.2, 0.25) is 0 Å². The normalized spacial score (nSPS) is 11.4. The van der Waals surface area contributed by atoms with Crippen molar-refractivity contribution in [3.63, 3.8) is 0 Å². The SMILES string of the molecule is Cn1cc(-c2nc(C(=O)Nc3ccccc3NCC(F)(F)F)cs2)cn1. The summed E-state index contributed by atoms with van der Waals surface area (Å²) in [5.41, 5.74) is 1.39. The molecule has 0 saturated carbocycles. The Morgan fingerprint density at radius 1 is 1.27 bits per heavy atom. The van der Waals surface area contributed by atoms with Crippen LogP contribution in [0.5, 0.6) is 0 Å². The number of carbonyl (C=O) groups is 1. The van der Waals surface area contributed by atoms with Gasteiger partial charge in [0.25, 0.3) is 5.91 Å². The Labute approximate surface area is 150 Å². The van der Waals surface area contributed by atoms with Crippen LogP contribution in [0.1, 0.15) is 10.5 Å². The second kappa shape index (κ2) is 7.16. The number of nitrogens with one attached hydrogen (secondary N) is 2. The number of alkyl halides is 3. The lowest BCUT2D eigenvalue weighted by Crippen LogP contribution is -2.22. The molecule has 1 aromatic carbocycles. The van der Waals surface area contributed by atoms with Crippen molar-refractivity contribution in [2.45, 2.75) is 6.18 Å². The summed E-state index contributed by atoms with van der Waals surface area (Å²) in [7, 11) is 1.77. The Bertz CT molecular complexity index is 919. The van der Waals surface area contributed by atoms with Crippen LogP contribution >= 0.6 is 11.3 Å². The van der Waals surface area contributed by atoms with Crippen molar-refractivity contribution in [3.8, 4) is 10.6 Å². The second-order valence-corrected chi connectivity index (χ2v) is 6.27. The van der Waals surface area contributed by atoms with E-state index in [-0.39, 0.29) is 17.1 Å². The van der Waals surface area contributed by atoms with E-state index in [1.807, 2.05) is 0 Å². The molecule has 136 valence electrons. The third-order valence-electron chi connectivity index (χ3n) is 3.34. The smallest absolute Gasteiger partial charge is 0.375 e. The zero-order chi connectivity index (χ0) is 18.7. The van der Waals surface area contributed by atoms with Crippen molar-refractivity contribution in [3.05, 3.63) is 47.7 Å². The summed E-state index contributed by atoms with van der Waals surface area (Å²) in [4.78, 5) is 16.6. The number of anilines is 2. The zero-order valence-corrected chi connectivity index (χ0v) is 14.4. The molecule has 0 aliphatic rings. The van der Waals surface area contributed by atoms with Crippen molar-refractivity contribution >= 4 is 28.6 Å². The molecule has 0 aliphatic heterocycles. The highest BCUT2D eigenvalue weighted by atomic mass is 32.1. The fourth-order valence-electron chi connectivity index (χ4n) is 2.17. The van der Waals surface area contributed by atoms with Gasteiger partial charge in [0, 0.05) is 24.2 Å². The number of thiazole rings is 1. The van der Waals surface area contributed by atoms with Gasteiger partial charge in [-0.15, -0.1) is 11.3 Å². The maximum absolute atomic E-state index is 12.4. The van der Waals surface area contributed by atoms with E-state index < -0.39 is 18.6 Å². The van der Waals surface area contributed by atoms with Crippen LogP contribution < -0.4 is 10.6 Å². The molecule has 0 unspecified atom stereocenters. The lowest BCUT2D eigenvalue weighted by molar-refractivity contribution is -0.115. The summed E-state index contributed by atoms with van der Waals surface area (Å²) >= 11 is 1.28. The second-order valence-electron chi connectivity index (χ2n) is 5.41. The number of amides is 1. The van der Waals surface area contributed by atoms with Crippen LogP contribution in [-0.4, -0.2) is 33.4 Å². The first-order valence-corrected chi connectivity index (χ1v) is 8.35. The predicted molar refractivity (Wildman–Crippen MR) is 93.3 cm³/mol. The number of rotatable bonds is 5. The molecule has 2 aromatic heterocycles. The van der Waals surface area contributed by atoms with Crippen LogP contribution in [0.4, 0.5) is 24.5 Å². The largest absolute Gasteiger partial charge is 0.405 e. The number of para-hydroxylation sites is 2. The number of nitrogens with zero attached hydrogens (tertiary/aromatic N) is 3. The molecular weight excluding hydrogens is 367 g/mol. The fourth-order valence-corrected chi connectivity index (χ4v) is 2.95. The maximum Gasteiger partial charge on any atom is 0.405 e. The average molecular weight is 381 g/mol. The standard InChI is InChI=1S/C16H14F3N5OS/c1-24-7-10(6-21-24)15-23-13(8-26-15)14(25)22-12-5-3-2-4-11(12)20-9-16(17,18)19/h2-8,20H,9H2,1H3,(H,22,25). The predicted octanol–water partition coefficient (Wildman–Crippen LogP) is 3.77. The monoisotopic (exact) mass is 381 g/mol. The first kappa shape index (κ1) is 17.9. The highest BCUT2D eigenvalue weighted by molar-refractivity contribution is 7.13. The molecule has 0 aliphatic carbocycles. The van der Waals surface area contributed by atoms with Gasteiger partial charge in [0.05, 0.1) is 17.6 Å². The number of hydrogen-bond donors (Lipinski definition) is 2. The Kier molecular flexibility index (Phi) is 4.94. The number of benzene rings is 1. The van der Waals surface area contributed by atoms with Gasteiger partial charge in [0.1, 0.15) is 17.2 Å². The number of carbonyl (C=O) groups excluding carboxylic acids is 1. The molecule has 2 N–H and O–H groups in total. The van der Waals surface area contributed by atoms with Crippen LogP contribution in [0.2, 0.25) is 0 Å². The molecule has 0 spiro atoms. The first-order chi connectivity index (χ1) is 12.3. The lowest BCUT2D eigenvalue weighted by atomic mass is 10.2. The Morgan fingerprint density at radius 3 is 2.65 bits per heavy atom. The third-order valence-corrected chi connectivity index (χ3v) is 4.23. The molecule has 3 rings (SSSR count). The van der Waals surface area contributed by atoms with Crippen LogP contribution in [-0.2, 0) is 7.05 Å². The van der Waals surface area contributed by atoms with Gasteiger partial charge >= 0.3 is 6.18 Å². The van der Waals surface area contributed by atoms with E-state index in [2.05, 4.69) is 20.7 Å². The summed E-state index contributed by atoms with van der Waals surface area (Å²) in [6.45, 7) is -1.19. The Balaban J connectivity index is 1.73. The van der Waals surface area contributed by atoms with E-state index in [0.29, 0.717) is 5.01 Å². The van der Waals surface area contributed by atoms with Crippen molar-refractivity contribution in [2.24, 2.45) is 7.05 Å². The molecule has 26 heavy (non-hydrogen) atoms. The van der Waals surface area contributed by atoms with E-state index >= 15 is 0 Å². The highest BCUT2D eigenvalue weighted by Crippen LogP contribution is 2.26. The fraction of sp³-hybridized carbons (Fsp3) is 0.188. The van der Waals surface area contributed by atoms with Gasteiger partial charge < -0.3 is 10.6 Å². The Hall–Kier alpha value is -2.88. The van der Waals surface area contributed by atoms with Crippen molar-refractivity contribution in [2.75, 3.05) is 17.2 Å². The summed E-state index contributed by atoms with van der Waals surface area (Å²) in [5, 5.41) is 11.1. The molecular formula is C16H14F3N5OS. The van der Waals surface area contributed by atoms with Crippen molar-refractivity contribution < 1.29 is 18.0 Å². The first-order valence-electron chi connectivity index (χ1n) is 7.47.